The number of alkyl halides is 2. The van der Waals surface area contributed by atoms with Gasteiger partial charge in [0.25, 0.3) is 5.92 Å². The van der Waals surface area contributed by atoms with Crippen LogP contribution in [-0.2, 0) is 0 Å². The summed E-state index contributed by atoms with van der Waals surface area (Å²) in [5.74, 6) is -2.94. The highest BCUT2D eigenvalue weighted by Gasteiger charge is 2.41. The molecule has 8 heteroatoms. The molecule has 1 amide bonds. The lowest BCUT2D eigenvalue weighted by Gasteiger charge is -2.35. The van der Waals surface area contributed by atoms with Gasteiger partial charge in [-0.15, -0.1) is 0 Å². The molecule has 0 radical (unpaired) electrons. The molecule has 1 aromatic rings. The maximum atomic E-state index is 14.0. The average molecular weight is 287 g/mol. The van der Waals surface area contributed by atoms with E-state index >= 15 is 0 Å². The maximum absolute atomic E-state index is 14.0. The summed E-state index contributed by atoms with van der Waals surface area (Å²) in [5, 5.41) is 3.69. The van der Waals surface area contributed by atoms with Crippen molar-refractivity contribution in [2.24, 2.45) is 0 Å². The minimum Gasteiger partial charge on any atom is -0.315 e. The van der Waals surface area contributed by atoms with Crippen molar-refractivity contribution in [1.82, 2.24) is 24.6 Å². The van der Waals surface area contributed by atoms with Gasteiger partial charge in [-0.05, 0) is 20.8 Å². The molecule has 20 heavy (non-hydrogen) atoms. The lowest BCUT2D eigenvalue weighted by atomic mass is 10.1. The van der Waals surface area contributed by atoms with Gasteiger partial charge in [-0.25, -0.2) is 18.6 Å². The van der Waals surface area contributed by atoms with Gasteiger partial charge in [-0.3, -0.25) is 4.90 Å². The van der Waals surface area contributed by atoms with Gasteiger partial charge in [-0.1, -0.05) is 0 Å². The van der Waals surface area contributed by atoms with Gasteiger partial charge in [-0.2, -0.15) is 9.78 Å². The second-order valence-corrected chi connectivity index (χ2v) is 5.99. The zero-order chi connectivity index (χ0) is 15.0. The molecule has 1 aromatic heterocycles. The van der Waals surface area contributed by atoms with Gasteiger partial charge in [0, 0.05) is 18.6 Å². The summed E-state index contributed by atoms with van der Waals surface area (Å²) in [6, 6.07) is -0.571. The van der Waals surface area contributed by atoms with E-state index in [0.29, 0.717) is 6.54 Å². The van der Waals surface area contributed by atoms with Gasteiger partial charge >= 0.3 is 6.03 Å². The highest BCUT2D eigenvalue weighted by Crippen LogP contribution is 2.25. The third-order valence-electron chi connectivity index (χ3n) is 3.32. The Labute approximate surface area is 116 Å². The lowest BCUT2D eigenvalue weighted by molar-refractivity contribution is -0.0476. The van der Waals surface area contributed by atoms with Crippen molar-refractivity contribution < 1.29 is 13.6 Å². The molecule has 1 aliphatic rings. The molecule has 6 nitrogen and oxygen atoms in total. The first-order chi connectivity index (χ1) is 9.19. The van der Waals surface area contributed by atoms with E-state index in [0.717, 1.165) is 9.58 Å². The Kier molecular flexibility index (Phi) is 3.77. The van der Waals surface area contributed by atoms with Crippen LogP contribution < -0.4 is 0 Å². The fraction of sp³-hybridized carbons (Fsp3) is 0.750. The first-order valence-corrected chi connectivity index (χ1v) is 6.46. The molecule has 0 N–H and O–H groups in total. The summed E-state index contributed by atoms with van der Waals surface area (Å²) in [7, 11) is 0. The molecule has 0 saturated carbocycles. The van der Waals surface area contributed by atoms with Crippen LogP contribution in [0.5, 0.6) is 0 Å². The highest BCUT2D eigenvalue weighted by atomic mass is 19.3. The van der Waals surface area contributed by atoms with Crippen LogP contribution in [0.15, 0.2) is 12.7 Å². The minimum absolute atomic E-state index is 0.242. The molecule has 0 aliphatic carbocycles. The number of amides is 1. The molecule has 1 saturated heterocycles. The highest BCUT2D eigenvalue weighted by molar-refractivity contribution is 5.75. The van der Waals surface area contributed by atoms with Gasteiger partial charge in [0.05, 0.1) is 13.1 Å². The molecule has 2 rings (SSSR count). The second-order valence-electron chi connectivity index (χ2n) is 5.99. The largest absolute Gasteiger partial charge is 0.346 e. The van der Waals surface area contributed by atoms with Crippen LogP contribution in [0, 0.1) is 0 Å². The number of nitrogens with zero attached hydrogens (tertiary/aromatic N) is 5. The van der Waals surface area contributed by atoms with Crippen molar-refractivity contribution in [3.63, 3.8) is 0 Å². The maximum Gasteiger partial charge on any atom is 0.346 e. The van der Waals surface area contributed by atoms with Crippen molar-refractivity contribution >= 4 is 6.03 Å². The van der Waals surface area contributed by atoms with E-state index in [1.165, 1.54) is 12.7 Å². The molecule has 0 unspecified atom stereocenters. The number of carbonyl (C=O) groups is 1. The second kappa shape index (κ2) is 5.08. The number of carbonyl (C=O) groups excluding carboxylic acids is 1. The summed E-state index contributed by atoms with van der Waals surface area (Å²) in [4.78, 5) is 18.6. The normalized spacial score (nSPS) is 20.8. The Bertz CT molecular complexity index is 469. The molecule has 112 valence electrons. The first kappa shape index (κ1) is 14.8. The van der Waals surface area contributed by atoms with E-state index in [1.54, 1.807) is 4.90 Å². The molecule has 0 bridgehead atoms. The average Bonchev–Trinajstić information content (AvgIpc) is 2.78. The number of hydrogen-bond donors (Lipinski definition) is 0. The van der Waals surface area contributed by atoms with Gasteiger partial charge in [0.15, 0.2) is 0 Å². The summed E-state index contributed by atoms with van der Waals surface area (Å²) in [6.07, 6.45) is 2.42. The first-order valence-electron chi connectivity index (χ1n) is 6.46. The van der Waals surface area contributed by atoms with E-state index in [-0.39, 0.29) is 18.6 Å². The molecular weight excluding hydrogens is 268 g/mol. The fourth-order valence-electron chi connectivity index (χ4n) is 2.20. The standard InChI is InChI=1S/C12H19F2N5O/c1-11(2,3)18-5-4-17(6-12(13,14)7-18)10(20)19-9-15-8-16-19/h8-9H,4-7H2,1-3H3. The molecule has 1 fully saturated rings. The minimum atomic E-state index is -2.94. The van der Waals surface area contributed by atoms with Crippen LogP contribution in [0.2, 0.25) is 0 Å². The Morgan fingerprint density at radius 2 is 1.95 bits per heavy atom. The number of hydrogen-bond acceptors (Lipinski definition) is 4. The topological polar surface area (TPSA) is 54.3 Å². The van der Waals surface area contributed by atoms with Gasteiger partial charge in [0.1, 0.15) is 12.7 Å². The summed E-state index contributed by atoms with van der Waals surface area (Å²) >= 11 is 0. The zero-order valence-corrected chi connectivity index (χ0v) is 11.9. The molecule has 0 aromatic carbocycles. The van der Waals surface area contributed by atoms with Crippen molar-refractivity contribution in [2.75, 3.05) is 26.2 Å². The summed E-state index contributed by atoms with van der Waals surface area (Å²) in [5.41, 5.74) is -0.365. The fourth-order valence-corrected chi connectivity index (χ4v) is 2.20. The van der Waals surface area contributed by atoms with Crippen LogP contribution in [-0.4, -0.2) is 68.2 Å². The van der Waals surface area contributed by atoms with E-state index in [2.05, 4.69) is 10.1 Å². The van der Waals surface area contributed by atoms with Crippen molar-refractivity contribution in [2.45, 2.75) is 32.2 Å². The monoisotopic (exact) mass is 287 g/mol. The molecule has 2 heterocycles. The van der Waals surface area contributed by atoms with Crippen LogP contribution in [0.3, 0.4) is 0 Å². The Balaban J connectivity index is 2.16. The van der Waals surface area contributed by atoms with Crippen molar-refractivity contribution in [3.8, 4) is 0 Å². The Morgan fingerprint density at radius 3 is 2.50 bits per heavy atom. The van der Waals surface area contributed by atoms with Crippen molar-refractivity contribution in [1.29, 1.82) is 0 Å². The molecule has 0 atom stereocenters. The molecule has 1 aliphatic heterocycles. The summed E-state index contributed by atoms with van der Waals surface area (Å²) < 4.78 is 29.0. The summed E-state index contributed by atoms with van der Waals surface area (Å²) in [6.45, 7) is 5.36. The van der Waals surface area contributed by atoms with E-state index in [1.807, 2.05) is 20.8 Å². The van der Waals surface area contributed by atoms with Crippen LogP contribution in [0.1, 0.15) is 20.8 Å². The third-order valence-corrected chi connectivity index (χ3v) is 3.32. The number of rotatable bonds is 0. The lowest BCUT2D eigenvalue weighted by Crippen LogP contribution is -2.47. The van der Waals surface area contributed by atoms with E-state index < -0.39 is 18.5 Å². The predicted octanol–water partition coefficient (Wildman–Crippen LogP) is 1.30. The smallest absolute Gasteiger partial charge is 0.315 e. The SMILES string of the molecule is CC(C)(C)N1CCN(C(=O)n2cncn2)CC(F)(F)C1. The van der Waals surface area contributed by atoms with Gasteiger partial charge < -0.3 is 4.90 Å². The third kappa shape index (κ3) is 3.30. The number of halogens is 2. The predicted molar refractivity (Wildman–Crippen MR) is 68.7 cm³/mol. The van der Waals surface area contributed by atoms with Crippen LogP contribution in [0.4, 0.5) is 13.6 Å². The quantitative estimate of drug-likeness (QED) is 0.721. The van der Waals surface area contributed by atoms with Gasteiger partial charge in [0.2, 0.25) is 0 Å². The van der Waals surface area contributed by atoms with E-state index in [4.69, 9.17) is 0 Å². The van der Waals surface area contributed by atoms with Crippen LogP contribution in [0.25, 0.3) is 0 Å². The Morgan fingerprint density at radius 1 is 1.25 bits per heavy atom. The Hall–Kier alpha value is -1.57. The molecule has 0 spiro atoms. The zero-order valence-electron chi connectivity index (χ0n) is 11.9. The van der Waals surface area contributed by atoms with Crippen LogP contribution >= 0.6 is 0 Å². The van der Waals surface area contributed by atoms with Crippen molar-refractivity contribution in [3.05, 3.63) is 12.7 Å². The number of aromatic nitrogens is 3. The van der Waals surface area contributed by atoms with E-state index in [9.17, 15) is 13.6 Å². The molecular formula is C12H19F2N5O.